The average molecular weight is 297 g/mol. The van der Waals surface area contributed by atoms with Crippen molar-refractivity contribution in [3.05, 3.63) is 29.8 Å². The summed E-state index contributed by atoms with van der Waals surface area (Å²) >= 11 is 0. The summed E-state index contributed by atoms with van der Waals surface area (Å²) in [6.45, 7) is 7.67. The molecule has 20 heavy (non-hydrogen) atoms. The first-order valence-corrected chi connectivity index (χ1v) is 8.45. The van der Waals surface area contributed by atoms with Gasteiger partial charge in [0.05, 0.1) is 4.90 Å². The fraction of sp³-hybridized carbons (Fsp3) is 0.533. The van der Waals surface area contributed by atoms with E-state index in [0.717, 1.165) is 6.42 Å². The smallest absolute Gasteiger partial charge is 0.240 e. The van der Waals surface area contributed by atoms with Crippen LogP contribution in [0.4, 0.5) is 0 Å². The van der Waals surface area contributed by atoms with Crippen LogP contribution in [0.2, 0.25) is 0 Å². The topological polar surface area (TPSA) is 63.2 Å². The molecular formula is C15H23NO3S. The van der Waals surface area contributed by atoms with Crippen molar-refractivity contribution in [2.24, 2.45) is 5.92 Å². The van der Waals surface area contributed by atoms with E-state index in [1.807, 2.05) is 20.8 Å². The Bertz CT molecular complexity index is 564. The number of rotatable bonds is 7. The third-order valence-corrected chi connectivity index (χ3v) is 4.83. The fourth-order valence-corrected chi connectivity index (χ4v) is 3.51. The Hall–Kier alpha value is -1.20. The molecule has 0 aromatic heterocycles. The molecule has 0 saturated heterocycles. The molecule has 1 aromatic rings. The minimum atomic E-state index is -3.58. The second-order valence-corrected chi connectivity index (χ2v) is 6.90. The molecule has 1 atom stereocenters. The van der Waals surface area contributed by atoms with Crippen molar-refractivity contribution >= 4 is 15.8 Å². The van der Waals surface area contributed by atoms with Gasteiger partial charge in [0, 0.05) is 18.0 Å². The van der Waals surface area contributed by atoms with Crippen LogP contribution in [0.25, 0.3) is 0 Å². The number of hydrogen-bond acceptors (Lipinski definition) is 3. The third kappa shape index (κ3) is 4.15. The largest absolute Gasteiger partial charge is 0.294 e. The first-order valence-electron chi connectivity index (χ1n) is 6.97. The summed E-state index contributed by atoms with van der Waals surface area (Å²) in [4.78, 5) is 11.8. The fourth-order valence-electron chi connectivity index (χ4n) is 2.00. The first kappa shape index (κ1) is 16.9. The van der Waals surface area contributed by atoms with Gasteiger partial charge in [0.25, 0.3) is 0 Å². The summed E-state index contributed by atoms with van der Waals surface area (Å²) < 4.78 is 27.4. The minimum Gasteiger partial charge on any atom is -0.294 e. The Morgan fingerprint density at radius 3 is 2.40 bits per heavy atom. The Morgan fingerprint density at radius 2 is 1.90 bits per heavy atom. The normalized spacial score (nSPS) is 13.4. The van der Waals surface area contributed by atoms with Crippen LogP contribution < -0.4 is 4.72 Å². The molecule has 5 heteroatoms. The molecule has 0 saturated carbocycles. The Labute approximate surface area is 121 Å². The lowest BCUT2D eigenvalue weighted by Gasteiger charge is -2.20. The molecule has 112 valence electrons. The maximum atomic E-state index is 12.3. The van der Waals surface area contributed by atoms with Crippen LogP contribution in [-0.4, -0.2) is 20.2 Å². The van der Waals surface area contributed by atoms with Gasteiger partial charge in [-0.1, -0.05) is 39.8 Å². The molecule has 0 heterocycles. The molecule has 0 aliphatic heterocycles. The molecule has 0 radical (unpaired) electrons. The van der Waals surface area contributed by atoms with Crippen LogP contribution >= 0.6 is 0 Å². The lowest BCUT2D eigenvalue weighted by molar-refractivity contribution is 0.0988. The van der Waals surface area contributed by atoms with Crippen molar-refractivity contribution < 1.29 is 13.2 Å². The number of carbonyl (C=O) groups is 1. The highest BCUT2D eigenvalue weighted by Gasteiger charge is 2.21. The second kappa shape index (κ2) is 6.99. The number of benzene rings is 1. The molecular weight excluding hydrogens is 274 g/mol. The summed E-state index contributed by atoms with van der Waals surface area (Å²) in [7, 11) is -3.58. The van der Waals surface area contributed by atoms with Gasteiger partial charge in [-0.2, -0.15) is 0 Å². The predicted octanol–water partition coefficient (Wildman–Crippen LogP) is 2.99. The van der Waals surface area contributed by atoms with E-state index in [1.54, 1.807) is 19.1 Å². The highest BCUT2D eigenvalue weighted by molar-refractivity contribution is 7.89. The van der Waals surface area contributed by atoms with Crippen molar-refractivity contribution in [2.45, 2.75) is 51.5 Å². The van der Waals surface area contributed by atoms with Crippen LogP contribution in [0.1, 0.15) is 50.9 Å². The molecule has 1 N–H and O–H groups in total. The molecule has 0 fully saturated rings. The number of nitrogens with one attached hydrogen (secondary N) is 1. The third-order valence-electron chi connectivity index (χ3n) is 3.34. The van der Waals surface area contributed by atoms with Gasteiger partial charge in [0.15, 0.2) is 5.78 Å². The Kier molecular flexibility index (Phi) is 5.89. The van der Waals surface area contributed by atoms with Crippen molar-refractivity contribution in [3.63, 3.8) is 0 Å². The highest BCUT2D eigenvalue weighted by atomic mass is 32.2. The monoisotopic (exact) mass is 297 g/mol. The molecule has 0 bridgehead atoms. The Balaban J connectivity index is 3.07. The molecule has 0 spiro atoms. The summed E-state index contributed by atoms with van der Waals surface area (Å²) in [5, 5.41) is 0. The van der Waals surface area contributed by atoms with Crippen molar-refractivity contribution in [2.75, 3.05) is 0 Å². The van der Waals surface area contributed by atoms with Gasteiger partial charge in [0.1, 0.15) is 0 Å². The van der Waals surface area contributed by atoms with Gasteiger partial charge in [-0.15, -0.1) is 0 Å². The quantitative estimate of drug-likeness (QED) is 0.787. The summed E-state index contributed by atoms with van der Waals surface area (Å²) in [5.74, 6) is 0.160. The van der Waals surface area contributed by atoms with E-state index in [9.17, 15) is 13.2 Å². The SMILES string of the molecule is CCC(=O)c1cccc(S(=O)(=O)NC(CC)C(C)C)c1. The molecule has 1 rings (SSSR count). The number of Topliss-reactive ketones (excluding diaryl/α,β-unsaturated/α-hetero) is 1. The minimum absolute atomic E-state index is 0.0575. The maximum Gasteiger partial charge on any atom is 0.240 e. The van der Waals surface area contributed by atoms with E-state index < -0.39 is 10.0 Å². The number of ketones is 1. The zero-order valence-corrected chi connectivity index (χ0v) is 13.3. The summed E-state index contributed by atoms with van der Waals surface area (Å²) in [6.07, 6.45) is 1.09. The lowest BCUT2D eigenvalue weighted by atomic mass is 10.0. The van der Waals surface area contributed by atoms with E-state index in [4.69, 9.17) is 0 Å². The number of sulfonamides is 1. The van der Waals surface area contributed by atoms with E-state index in [-0.39, 0.29) is 22.6 Å². The van der Waals surface area contributed by atoms with Crippen LogP contribution in [0.3, 0.4) is 0 Å². The van der Waals surface area contributed by atoms with Crippen LogP contribution in [-0.2, 0) is 10.0 Å². The molecule has 1 aromatic carbocycles. The second-order valence-electron chi connectivity index (χ2n) is 5.18. The molecule has 4 nitrogen and oxygen atoms in total. The van der Waals surface area contributed by atoms with Gasteiger partial charge in [-0.05, 0) is 24.5 Å². The van der Waals surface area contributed by atoms with Gasteiger partial charge in [-0.3, -0.25) is 4.79 Å². The van der Waals surface area contributed by atoms with Crippen molar-refractivity contribution in [1.29, 1.82) is 0 Å². The van der Waals surface area contributed by atoms with Gasteiger partial charge < -0.3 is 0 Å². The van der Waals surface area contributed by atoms with Crippen LogP contribution in [0, 0.1) is 5.92 Å². The van der Waals surface area contributed by atoms with Gasteiger partial charge in [-0.25, -0.2) is 13.1 Å². The number of hydrogen-bond donors (Lipinski definition) is 1. The average Bonchev–Trinajstić information content (AvgIpc) is 2.43. The predicted molar refractivity (Wildman–Crippen MR) is 80.3 cm³/mol. The zero-order chi connectivity index (χ0) is 15.3. The van der Waals surface area contributed by atoms with Gasteiger partial charge >= 0.3 is 0 Å². The van der Waals surface area contributed by atoms with Crippen LogP contribution in [0.15, 0.2) is 29.2 Å². The zero-order valence-electron chi connectivity index (χ0n) is 12.5. The molecule has 0 aliphatic carbocycles. The number of carbonyl (C=O) groups excluding carboxylic acids is 1. The van der Waals surface area contributed by atoms with Crippen molar-refractivity contribution in [1.82, 2.24) is 4.72 Å². The first-order chi connectivity index (χ1) is 9.31. The van der Waals surface area contributed by atoms with Crippen molar-refractivity contribution in [3.8, 4) is 0 Å². The molecule has 1 unspecified atom stereocenters. The standard InChI is InChI=1S/C15H23NO3S/c1-5-14(11(3)4)16-20(18,19)13-9-7-8-12(10-13)15(17)6-2/h7-11,14,16H,5-6H2,1-4H3. The van der Waals surface area contributed by atoms with E-state index >= 15 is 0 Å². The molecule has 0 aliphatic rings. The van der Waals surface area contributed by atoms with Gasteiger partial charge in [0.2, 0.25) is 10.0 Å². The Morgan fingerprint density at radius 1 is 1.25 bits per heavy atom. The van der Waals surface area contributed by atoms with E-state index in [2.05, 4.69) is 4.72 Å². The summed E-state index contributed by atoms with van der Waals surface area (Å²) in [6, 6.07) is 6.10. The highest BCUT2D eigenvalue weighted by Crippen LogP contribution is 2.16. The van der Waals surface area contributed by atoms with E-state index in [1.165, 1.54) is 12.1 Å². The summed E-state index contributed by atoms with van der Waals surface area (Å²) in [5.41, 5.74) is 0.438. The lowest BCUT2D eigenvalue weighted by Crippen LogP contribution is -2.38. The molecule has 0 amide bonds. The van der Waals surface area contributed by atoms with E-state index in [0.29, 0.717) is 12.0 Å². The van der Waals surface area contributed by atoms with Crippen LogP contribution in [0.5, 0.6) is 0 Å². The maximum absolute atomic E-state index is 12.3.